The second-order valence-corrected chi connectivity index (χ2v) is 6.78. The van der Waals surface area contributed by atoms with Crippen LogP contribution in [0.1, 0.15) is 45.4 Å². The van der Waals surface area contributed by atoms with Crippen LogP contribution in [0.3, 0.4) is 0 Å². The summed E-state index contributed by atoms with van der Waals surface area (Å²) in [4.78, 5) is 23.1. The molecule has 0 aromatic heterocycles. The van der Waals surface area contributed by atoms with Crippen LogP contribution in [0.15, 0.2) is 11.8 Å². The Balaban J connectivity index is 1.77. The molecule has 134 valence electrons. The van der Waals surface area contributed by atoms with Crippen molar-refractivity contribution < 1.29 is 28.9 Å². The van der Waals surface area contributed by atoms with E-state index in [9.17, 15) is 14.7 Å². The van der Waals surface area contributed by atoms with E-state index in [1.54, 1.807) is 0 Å². The van der Waals surface area contributed by atoms with Crippen molar-refractivity contribution >= 4 is 12.1 Å². The zero-order valence-corrected chi connectivity index (χ0v) is 14.1. The highest BCUT2D eigenvalue weighted by molar-refractivity contribution is 5.87. The highest BCUT2D eigenvalue weighted by Gasteiger charge is 2.72. The summed E-state index contributed by atoms with van der Waals surface area (Å²) in [5, 5.41) is 11.8. The minimum atomic E-state index is -0.981. The van der Waals surface area contributed by atoms with Crippen LogP contribution in [0, 0.1) is 11.8 Å². The smallest absolute Gasteiger partial charge is 0.409 e. The molecule has 1 amide bonds. The number of ether oxygens (including phenoxy) is 3. The Kier molecular flexibility index (Phi) is 4.71. The zero-order chi connectivity index (χ0) is 17.3. The second kappa shape index (κ2) is 6.63. The first-order valence-electron chi connectivity index (χ1n) is 8.68. The summed E-state index contributed by atoms with van der Waals surface area (Å²) in [6.45, 7) is 2.16. The van der Waals surface area contributed by atoms with Gasteiger partial charge in [0.05, 0.1) is 23.9 Å². The number of nitrogens with one attached hydrogen (secondary N) is 1. The van der Waals surface area contributed by atoms with Gasteiger partial charge in [0.1, 0.15) is 5.60 Å². The summed E-state index contributed by atoms with van der Waals surface area (Å²) in [5.41, 5.74) is -0.160. The molecule has 2 aliphatic heterocycles. The Bertz CT molecular complexity index is 547. The van der Waals surface area contributed by atoms with Gasteiger partial charge in [0.15, 0.2) is 0 Å². The standard InChI is InChI=1S/C17H25NO6/c1-3-4-5-6-7-17-12(24-17)8-10-11(14(19)20)9-22-15(13(10)17)23-16(21)18-2/h9-10,12-13,15H,3-8H2,1-2H3,(H,18,21)(H,19,20)/t10-,12+,13+,15-,17+/m1/s1. The van der Waals surface area contributed by atoms with Gasteiger partial charge in [-0.3, -0.25) is 0 Å². The normalized spacial score (nSPS) is 36.0. The predicted octanol–water partition coefficient (Wildman–Crippen LogP) is 2.41. The van der Waals surface area contributed by atoms with Gasteiger partial charge in [-0.25, -0.2) is 9.59 Å². The number of carbonyl (C=O) groups excluding carboxylic acids is 1. The van der Waals surface area contributed by atoms with Crippen LogP contribution in [0.5, 0.6) is 0 Å². The van der Waals surface area contributed by atoms with Crippen LogP contribution < -0.4 is 5.32 Å². The molecule has 0 radical (unpaired) electrons. The molecule has 24 heavy (non-hydrogen) atoms. The summed E-state index contributed by atoms with van der Waals surface area (Å²) in [6.07, 6.45) is 5.83. The highest BCUT2D eigenvalue weighted by Crippen LogP contribution is 2.63. The van der Waals surface area contributed by atoms with Crippen LogP contribution in [0.2, 0.25) is 0 Å². The third-order valence-corrected chi connectivity index (χ3v) is 5.43. The van der Waals surface area contributed by atoms with E-state index in [-0.39, 0.29) is 23.5 Å². The lowest BCUT2D eigenvalue weighted by atomic mass is 9.79. The fourth-order valence-corrected chi connectivity index (χ4v) is 4.23. The molecule has 0 aromatic carbocycles. The van der Waals surface area contributed by atoms with Gasteiger partial charge in [0.25, 0.3) is 6.29 Å². The molecule has 0 aromatic rings. The first kappa shape index (κ1) is 17.1. The van der Waals surface area contributed by atoms with Gasteiger partial charge in [-0.15, -0.1) is 0 Å². The van der Waals surface area contributed by atoms with Gasteiger partial charge in [0.2, 0.25) is 0 Å². The maximum Gasteiger partial charge on any atom is 0.409 e. The number of hydrogen-bond donors (Lipinski definition) is 2. The monoisotopic (exact) mass is 339 g/mol. The quantitative estimate of drug-likeness (QED) is 0.546. The predicted molar refractivity (Wildman–Crippen MR) is 84.1 cm³/mol. The molecule has 2 fully saturated rings. The lowest BCUT2D eigenvalue weighted by molar-refractivity contribution is -0.150. The fourth-order valence-electron chi connectivity index (χ4n) is 4.23. The lowest BCUT2D eigenvalue weighted by Crippen LogP contribution is -2.45. The molecule has 3 aliphatic rings. The molecule has 3 rings (SSSR count). The Morgan fingerprint density at radius 2 is 2.21 bits per heavy atom. The molecule has 2 N–H and O–H groups in total. The van der Waals surface area contributed by atoms with Crippen LogP contribution in [-0.4, -0.2) is 42.2 Å². The SMILES string of the molecule is CCCCCC[C@]12O[C@H]1C[C@@H]1C(C(=O)O)=CO[C@H](OC(=O)NC)[C@H]12. The number of carbonyl (C=O) groups is 2. The number of unbranched alkanes of at least 4 members (excludes halogenated alkanes) is 3. The zero-order valence-electron chi connectivity index (χ0n) is 14.1. The van der Waals surface area contributed by atoms with E-state index in [1.807, 2.05) is 0 Å². The van der Waals surface area contributed by atoms with Crippen molar-refractivity contribution in [2.45, 2.75) is 63.4 Å². The molecular formula is C17H25NO6. The molecule has 7 heteroatoms. The molecule has 1 aliphatic carbocycles. The Morgan fingerprint density at radius 3 is 2.88 bits per heavy atom. The van der Waals surface area contributed by atoms with Gasteiger partial charge in [-0.05, 0) is 12.8 Å². The van der Waals surface area contributed by atoms with Gasteiger partial charge >= 0.3 is 12.1 Å². The first-order chi connectivity index (χ1) is 11.5. The number of alkyl carbamates (subject to hydrolysis) is 1. The van der Waals surface area contributed by atoms with Crippen molar-refractivity contribution in [3.63, 3.8) is 0 Å². The van der Waals surface area contributed by atoms with E-state index in [4.69, 9.17) is 14.2 Å². The van der Waals surface area contributed by atoms with Crippen LogP contribution in [-0.2, 0) is 19.0 Å². The van der Waals surface area contributed by atoms with Crippen molar-refractivity contribution in [2.75, 3.05) is 7.05 Å². The van der Waals surface area contributed by atoms with Crippen LogP contribution >= 0.6 is 0 Å². The van der Waals surface area contributed by atoms with E-state index in [0.29, 0.717) is 6.42 Å². The maximum atomic E-state index is 11.6. The summed E-state index contributed by atoms with van der Waals surface area (Å²) in [5.74, 6) is -1.45. The number of fused-ring (bicyclic) bond motifs is 3. The van der Waals surface area contributed by atoms with Gasteiger partial charge in [-0.1, -0.05) is 32.6 Å². The van der Waals surface area contributed by atoms with Crippen molar-refractivity contribution in [1.82, 2.24) is 5.32 Å². The number of amides is 1. The molecular weight excluding hydrogens is 314 g/mol. The van der Waals surface area contributed by atoms with Crippen LogP contribution in [0.4, 0.5) is 4.79 Å². The van der Waals surface area contributed by atoms with Crippen molar-refractivity contribution in [3.05, 3.63) is 11.8 Å². The molecule has 0 bridgehead atoms. The number of carboxylic acids is 1. The molecule has 2 heterocycles. The number of rotatable bonds is 7. The van der Waals surface area contributed by atoms with Gasteiger partial charge < -0.3 is 24.6 Å². The van der Waals surface area contributed by atoms with E-state index in [2.05, 4.69) is 12.2 Å². The molecule has 1 saturated carbocycles. The number of carboxylic acid groups (broad SMARTS) is 1. The lowest BCUT2D eigenvalue weighted by Gasteiger charge is -2.36. The minimum absolute atomic E-state index is 0.0364. The van der Waals surface area contributed by atoms with Crippen LogP contribution in [0.25, 0.3) is 0 Å². The van der Waals surface area contributed by atoms with Crippen molar-refractivity contribution in [1.29, 1.82) is 0 Å². The summed E-state index contributed by atoms with van der Waals surface area (Å²) < 4.78 is 16.8. The highest BCUT2D eigenvalue weighted by atomic mass is 16.7. The third kappa shape index (κ3) is 2.85. The van der Waals surface area contributed by atoms with Gasteiger partial charge in [-0.2, -0.15) is 0 Å². The molecule has 7 nitrogen and oxygen atoms in total. The van der Waals surface area contributed by atoms with E-state index >= 15 is 0 Å². The first-order valence-corrected chi connectivity index (χ1v) is 8.68. The average Bonchev–Trinajstić information content (AvgIpc) is 3.15. The number of aliphatic carboxylic acids is 1. The average molecular weight is 339 g/mol. The summed E-state index contributed by atoms with van der Waals surface area (Å²) in [6, 6.07) is 0. The third-order valence-electron chi connectivity index (χ3n) is 5.43. The fraction of sp³-hybridized carbons (Fsp3) is 0.765. The second-order valence-electron chi connectivity index (χ2n) is 6.78. The Hall–Kier alpha value is -1.76. The molecule has 1 saturated heterocycles. The minimum Gasteiger partial charge on any atom is -0.478 e. The maximum absolute atomic E-state index is 11.6. The topological polar surface area (TPSA) is 97.4 Å². The Morgan fingerprint density at radius 1 is 1.42 bits per heavy atom. The summed E-state index contributed by atoms with van der Waals surface area (Å²) in [7, 11) is 1.48. The van der Waals surface area contributed by atoms with Gasteiger partial charge in [0, 0.05) is 13.0 Å². The molecule has 0 unspecified atom stereocenters. The summed E-state index contributed by atoms with van der Waals surface area (Å²) >= 11 is 0. The van der Waals surface area contributed by atoms with Crippen molar-refractivity contribution in [3.8, 4) is 0 Å². The van der Waals surface area contributed by atoms with E-state index in [0.717, 1.165) is 25.7 Å². The molecule has 0 spiro atoms. The number of epoxide rings is 1. The number of hydrogen-bond acceptors (Lipinski definition) is 5. The van der Waals surface area contributed by atoms with E-state index in [1.165, 1.54) is 19.7 Å². The molecule has 5 atom stereocenters. The van der Waals surface area contributed by atoms with Crippen molar-refractivity contribution in [2.24, 2.45) is 11.8 Å². The van der Waals surface area contributed by atoms with E-state index < -0.39 is 24.0 Å². The Labute approximate surface area is 141 Å². The largest absolute Gasteiger partial charge is 0.478 e.